The first-order valence-corrected chi connectivity index (χ1v) is 26.9. The lowest BCUT2D eigenvalue weighted by atomic mass is 9.98. The summed E-state index contributed by atoms with van der Waals surface area (Å²) in [6.45, 7) is 14.7. The summed E-state index contributed by atoms with van der Waals surface area (Å²) in [6.07, 6.45) is 22.6. The van der Waals surface area contributed by atoms with Gasteiger partial charge in [0.2, 0.25) is 5.78 Å². The molecule has 1 N–H and O–H groups in total. The fourth-order valence-corrected chi connectivity index (χ4v) is 8.87. The Hall–Kier alpha value is -5.45. The van der Waals surface area contributed by atoms with Crippen LogP contribution in [-0.2, 0) is 45.0 Å². The van der Waals surface area contributed by atoms with Crippen LogP contribution >= 0.6 is 0 Å². The zero-order chi connectivity index (χ0) is 50.9. The van der Waals surface area contributed by atoms with Gasteiger partial charge in [-0.25, -0.2) is 0 Å². The molecule has 3 unspecified atom stereocenters. The van der Waals surface area contributed by atoms with Crippen molar-refractivity contribution in [1.82, 2.24) is 0 Å². The molecule has 2 aliphatic rings. The zero-order valence-electron chi connectivity index (χ0n) is 43.5. The number of Topliss-reactive ketones (excluding diaryl/α,β-unsaturated/α-hetero) is 1. The molecule has 5 atom stereocenters. The maximum Gasteiger partial charge on any atom is 0.236 e. The third kappa shape index (κ3) is 21.3. The molecule has 6 rings (SSSR count). The van der Waals surface area contributed by atoms with Gasteiger partial charge in [0.25, 0.3) is 0 Å². The molecule has 4 aromatic carbocycles. The SMILES string of the molecule is C=CCc1c(OCc2ccccc2)cccc1C(=O)C#CCC[C@H](CCCCC)OC1CCCCO1.C=CCc1c(OCc2ccccc2)cccc1C(O)C#CCC[C@H](CCCCC)OC1CCCCO1. The Labute approximate surface area is 432 Å². The number of ketones is 1. The maximum atomic E-state index is 13.0. The van der Waals surface area contributed by atoms with E-state index in [0.29, 0.717) is 50.2 Å². The Morgan fingerprint density at radius 1 is 0.639 bits per heavy atom. The third-order valence-electron chi connectivity index (χ3n) is 12.9. The average molecular weight is 979 g/mol. The number of ether oxygens (including phenoxy) is 6. The van der Waals surface area contributed by atoms with Crippen LogP contribution in [0.25, 0.3) is 0 Å². The Morgan fingerprint density at radius 3 is 1.67 bits per heavy atom. The number of carbonyl (C=O) groups excluding carboxylic acids is 1. The number of carbonyl (C=O) groups is 1. The minimum absolute atomic E-state index is 0.0796. The van der Waals surface area contributed by atoms with Crippen molar-refractivity contribution >= 4 is 5.78 Å². The number of hydrogen-bond acceptors (Lipinski definition) is 8. The van der Waals surface area contributed by atoms with Crippen LogP contribution in [0.4, 0.5) is 0 Å². The number of unbranched alkanes of at least 4 members (excludes halogenated alkanes) is 4. The number of aliphatic hydroxyl groups excluding tert-OH is 1. The molecule has 8 nitrogen and oxygen atoms in total. The predicted molar refractivity (Wildman–Crippen MR) is 291 cm³/mol. The van der Waals surface area contributed by atoms with Crippen molar-refractivity contribution in [3.05, 3.63) is 156 Å². The molecule has 0 radical (unpaired) electrons. The summed E-state index contributed by atoms with van der Waals surface area (Å²) in [5.74, 6) is 13.5. The summed E-state index contributed by atoms with van der Waals surface area (Å²) >= 11 is 0. The van der Waals surface area contributed by atoms with Crippen molar-refractivity contribution < 1.29 is 38.3 Å². The van der Waals surface area contributed by atoms with E-state index in [1.807, 2.05) is 103 Å². The molecule has 0 aromatic heterocycles. The van der Waals surface area contributed by atoms with Crippen LogP contribution in [0.2, 0.25) is 0 Å². The second-order valence-corrected chi connectivity index (χ2v) is 18.7. The minimum Gasteiger partial charge on any atom is -0.489 e. The molecule has 0 bridgehead atoms. The molecule has 72 heavy (non-hydrogen) atoms. The van der Waals surface area contributed by atoms with Crippen molar-refractivity contribution in [2.24, 2.45) is 0 Å². The molecule has 2 fully saturated rings. The van der Waals surface area contributed by atoms with Crippen molar-refractivity contribution in [2.45, 2.75) is 186 Å². The van der Waals surface area contributed by atoms with Gasteiger partial charge < -0.3 is 33.5 Å². The molecular weight excluding hydrogens is 897 g/mol. The van der Waals surface area contributed by atoms with Gasteiger partial charge in [0.05, 0.1) is 12.2 Å². The molecule has 0 spiro atoms. The molecule has 2 heterocycles. The van der Waals surface area contributed by atoms with E-state index in [1.165, 1.54) is 32.1 Å². The van der Waals surface area contributed by atoms with Gasteiger partial charge in [-0.2, -0.15) is 0 Å². The fraction of sp³-hybridized carbons (Fsp3) is 0.484. The van der Waals surface area contributed by atoms with Crippen LogP contribution in [0.1, 0.15) is 174 Å². The molecule has 386 valence electrons. The van der Waals surface area contributed by atoms with Crippen molar-refractivity contribution in [1.29, 1.82) is 0 Å². The monoisotopic (exact) mass is 979 g/mol. The van der Waals surface area contributed by atoms with Crippen LogP contribution in [0, 0.1) is 23.7 Å². The van der Waals surface area contributed by atoms with Crippen LogP contribution in [0.15, 0.2) is 122 Å². The quantitative estimate of drug-likeness (QED) is 0.0198. The summed E-state index contributed by atoms with van der Waals surface area (Å²) in [6, 6.07) is 31.4. The summed E-state index contributed by atoms with van der Waals surface area (Å²) in [5.41, 5.74) is 5.30. The first-order valence-electron chi connectivity index (χ1n) is 26.9. The summed E-state index contributed by atoms with van der Waals surface area (Å²) in [4.78, 5) is 13.0. The first kappa shape index (κ1) is 57.5. The lowest BCUT2D eigenvalue weighted by Gasteiger charge is -2.27. The minimum atomic E-state index is -0.874. The smallest absolute Gasteiger partial charge is 0.236 e. The van der Waals surface area contributed by atoms with Crippen LogP contribution < -0.4 is 9.47 Å². The van der Waals surface area contributed by atoms with Crippen molar-refractivity contribution in [3.63, 3.8) is 0 Å². The molecule has 8 heteroatoms. The lowest BCUT2D eigenvalue weighted by molar-refractivity contribution is -0.190. The van der Waals surface area contributed by atoms with Gasteiger partial charge >= 0.3 is 0 Å². The van der Waals surface area contributed by atoms with E-state index >= 15 is 0 Å². The van der Waals surface area contributed by atoms with E-state index in [0.717, 1.165) is 117 Å². The summed E-state index contributed by atoms with van der Waals surface area (Å²) < 4.78 is 36.3. The Balaban J connectivity index is 0.000000267. The molecular formula is C64H82O8. The molecule has 0 saturated carbocycles. The highest BCUT2D eigenvalue weighted by Gasteiger charge is 2.22. The molecule has 2 saturated heterocycles. The average Bonchev–Trinajstić information content (AvgIpc) is 3.41. The second kappa shape index (κ2) is 34.8. The Kier molecular flexibility index (Phi) is 27.8. The molecule has 0 amide bonds. The van der Waals surface area contributed by atoms with Gasteiger partial charge in [0, 0.05) is 42.7 Å². The predicted octanol–water partition coefficient (Wildman–Crippen LogP) is 14.8. The number of aliphatic hydroxyl groups is 1. The van der Waals surface area contributed by atoms with E-state index in [1.54, 1.807) is 6.08 Å². The van der Waals surface area contributed by atoms with Gasteiger partial charge in [-0.1, -0.05) is 155 Å². The highest BCUT2D eigenvalue weighted by molar-refractivity contribution is 6.10. The van der Waals surface area contributed by atoms with E-state index in [4.69, 9.17) is 28.4 Å². The van der Waals surface area contributed by atoms with Gasteiger partial charge in [-0.15, -0.1) is 19.1 Å². The highest BCUT2D eigenvalue weighted by Crippen LogP contribution is 2.30. The van der Waals surface area contributed by atoms with Crippen molar-refractivity contribution in [3.8, 4) is 35.2 Å². The lowest BCUT2D eigenvalue weighted by Crippen LogP contribution is -2.28. The third-order valence-corrected chi connectivity index (χ3v) is 12.9. The highest BCUT2D eigenvalue weighted by atomic mass is 16.7. The topological polar surface area (TPSA) is 92.7 Å². The largest absolute Gasteiger partial charge is 0.489 e. The van der Waals surface area contributed by atoms with Crippen LogP contribution in [0.3, 0.4) is 0 Å². The number of rotatable bonds is 28. The van der Waals surface area contributed by atoms with Gasteiger partial charge in [-0.3, -0.25) is 4.79 Å². The van der Waals surface area contributed by atoms with E-state index < -0.39 is 6.10 Å². The summed E-state index contributed by atoms with van der Waals surface area (Å²) in [5, 5.41) is 10.9. The first-order chi connectivity index (χ1) is 35.4. The van der Waals surface area contributed by atoms with E-state index in [2.05, 4.69) is 50.7 Å². The maximum absolute atomic E-state index is 13.0. The molecule has 4 aromatic rings. The van der Waals surface area contributed by atoms with Crippen molar-refractivity contribution in [2.75, 3.05) is 13.2 Å². The zero-order valence-corrected chi connectivity index (χ0v) is 43.5. The standard InChI is InChI=1S/C32H42O4.C32H40O4/c2*1-3-5-7-18-27(36-32-23-12-13-24-34-32)19-10-11-21-30(33)28-20-14-22-31(29(28)15-4-2)35-25-26-16-8-6-9-17-26/h4,6,8-9,14,16-17,20,22,27,30,32-33H,2-3,5,7,10,12-13,15,18-19,23-25H2,1H3;4,6,8-9,14,16-17,20,22,27,32H,2-3,5,7,10,12-13,15,18-19,23-25H2,1H3/t27-,30?,32?;27-,32?/m00/s1. The number of benzene rings is 4. The van der Waals surface area contributed by atoms with E-state index in [-0.39, 0.29) is 30.6 Å². The fourth-order valence-electron chi connectivity index (χ4n) is 8.87. The molecule has 2 aliphatic heterocycles. The van der Waals surface area contributed by atoms with Gasteiger partial charge in [0.1, 0.15) is 30.8 Å². The van der Waals surface area contributed by atoms with Gasteiger partial charge in [0.15, 0.2) is 12.6 Å². The van der Waals surface area contributed by atoms with Crippen LogP contribution in [-0.4, -0.2) is 48.9 Å². The second-order valence-electron chi connectivity index (χ2n) is 18.7. The molecule has 0 aliphatic carbocycles. The normalized spacial score (nSPS) is 16.5. The van der Waals surface area contributed by atoms with Gasteiger partial charge in [-0.05, 0) is 118 Å². The number of hydrogen-bond donors (Lipinski definition) is 1. The summed E-state index contributed by atoms with van der Waals surface area (Å²) in [7, 11) is 0. The number of allylic oxidation sites excluding steroid dienone is 2. The Bertz CT molecular complexity index is 2270. The Morgan fingerprint density at radius 2 is 1.15 bits per heavy atom. The van der Waals surface area contributed by atoms with E-state index in [9.17, 15) is 9.90 Å². The van der Waals surface area contributed by atoms with Crippen LogP contribution in [0.5, 0.6) is 11.5 Å².